The van der Waals surface area contributed by atoms with Gasteiger partial charge >= 0.3 is 5.97 Å². The SMILES string of the molecule is CC(c1ccc([N+](=O)[O-])cc1)N1CCC(C)(C(=O)O)CC1. The smallest absolute Gasteiger partial charge is 0.309 e. The second kappa shape index (κ2) is 5.81. The lowest BCUT2D eigenvalue weighted by Gasteiger charge is -2.39. The summed E-state index contributed by atoms with van der Waals surface area (Å²) < 4.78 is 0. The van der Waals surface area contributed by atoms with Crippen molar-refractivity contribution in [3.05, 3.63) is 39.9 Å². The lowest BCUT2D eigenvalue weighted by molar-refractivity contribution is -0.384. The molecule has 0 saturated carbocycles. The Kier molecular flexibility index (Phi) is 4.27. The summed E-state index contributed by atoms with van der Waals surface area (Å²) in [6, 6.07) is 6.69. The van der Waals surface area contributed by atoms with E-state index in [1.165, 1.54) is 12.1 Å². The van der Waals surface area contributed by atoms with Gasteiger partial charge in [0.25, 0.3) is 5.69 Å². The third-order valence-electron chi connectivity index (χ3n) is 4.55. The molecule has 114 valence electrons. The minimum atomic E-state index is -0.731. The molecular weight excluding hydrogens is 272 g/mol. The second-order valence-electron chi connectivity index (χ2n) is 5.93. The molecule has 1 aliphatic heterocycles. The molecule has 1 aromatic carbocycles. The zero-order valence-electron chi connectivity index (χ0n) is 12.3. The van der Waals surface area contributed by atoms with E-state index >= 15 is 0 Å². The highest BCUT2D eigenvalue weighted by atomic mass is 16.6. The topological polar surface area (TPSA) is 83.7 Å². The van der Waals surface area contributed by atoms with Crippen molar-refractivity contribution in [2.24, 2.45) is 5.41 Å². The van der Waals surface area contributed by atoms with Gasteiger partial charge in [0.1, 0.15) is 0 Å². The number of non-ortho nitro benzene ring substituents is 1. The molecule has 0 bridgehead atoms. The summed E-state index contributed by atoms with van der Waals surface area (Å²) in [6.45, 7) is 5.29. The van der Waals surface area contributed by atoms with E-state index in [2.05, 4.69) is 4.90 Å². The number of aliphatic carboxylic acids is 1. The Bertz CT molecular complexity index is 533. The molecule has 1 aromatic rings. The molecule has 6 heteroatoms. The van der Waals surface area contributed by atoms with E-state index in [4.69, 9.17) is 0 Å². The standard InChI is InChI=1S/C15H20N2O4/c1-11(12-3-5-13(6-4-12)17(20)21)16-9-7-15(2,8-10-16)14(18)19/h3-6,11H,7-10H2,1-2H3,(H,18,19). The van der Waals surface area contributed by atoms with Crippen molar-refractivity contribution >= 4 is 11.7 Å². The number of hydrogen-bond donors (Lipinski definition) is 1. The molecule has 1 fully saturated rings. The zero-order valence-corrected chi connectivity index (χ0v) is 12.3. The molecule has 1 atom stereocenters. The number of piperidine rings is 1. The summed E-state index contributed by atoms with van der Waals surface area (Å²) in [4.78, 5) is 23.7. The van der Waals surface area contributed by atoms with E-state index in [-0.39, 0.29) is 11.7 Å². The molecule has 0 aromatic heterocycles. The minimum Gasteiger partial charge on any atom is -0.481 e. The number of nitro groups is 1. The highest BCUT2D eigenvalue weighted by Crippen LogP contribution is 2.34. The largest absolute Gasteiger partial charge is 0.481 e. The van der Waals surface area contributed by atoms with E-state index in [1.54, 1.807) is 19.1 Å². The number of nitrogens with zero attached hydrogens (tertiary/aromatic N) is 2. The normalized spacial score (nSPS) is 19.9. The van der Waals surface area contributed by atoms with Gasteiger partial charge in [-0.25, -0.2) is 0 Å². The predicted octanol–water partition coefficient (Wildman–Crippen LogP) is 2.84. The first-order valence-corrected chi connectivity index (χ1v) is 7.05. The van der Waals surface area contributed by atoms with E-state index in [0.717, 1.165) is 18.7 Å². The molecular formula is C15H20N2O4. The van der Waals surface area contributed by atoms with Gasteiger partial charge in [-0.05, 0) is 45.3 Å². The van der Waals surface area contributed by atoms with Crippen molar-refractivity contribution in [3.8, 4) is 0 Å². The molecule has 1 aliphatic rings. The van der Waals surface area contributed by atoms with Crippen LogP contribution in [0.15, 0.2) is 24.3 Å². The molecule has 0 amide bonds. The molecule has 1 unspecified atom stereocenters. The first kappa shape index (κ1) is 15.4. The first-order chi connectivity index (χ1) is 9.83. The summed E-state index contributed by atoms with van der Waals surface area (Å²) in [5.74, 6) is -0.731. The Labute approximate surface area is 123 Å². The predicted molar refractivity (Wildman–Crippen MR) is 78.1 cm³/mol. The molecule has 21 heavy (non-hydrogen) atoms. The van der Waals surface area contributed by atoms with Crippen LogP contribution in [0.5, 0.6) is 0 Å². The van der Waals surface area contributed by atoms with Gasteiger partial charge in [0.15, 0.2) is 0 Å². The van der Waals surface area contributed by atoms with Gasteiger partial charge in [-0.1, -0.05) is 12.1 Å². The molecule has 0 aliphatic carbocycles. The van der Waals surface area contributed by atoms with Gasteiger partial charge in [0.2, 0.25) is 0 Å². The highest BCUT2D eigenvalue weighted by Gasteiger charge is 2.37. The number of likely N-dealkylation sites (tertiary alicyclic amines) is 1. The minimum absolute atomic E-state index is 0.0862. The van der Waals surface area contributed by atoms with Gasteiger partial charge in [-0.2, -0.15) is 0 Å². The monoisotopic (exact) mass is 292 g/mol. The van der Waals surface area contributed by atoms with Crippen molar-refractivity contribution in [2.75, 3.05) is 13.1 Å². The fourth-order valence-electron chi connectivity index (χ4n) is 2.70. The van der Waals surface area contributed by atoms with Crippen molar-refractivity contribution in [3.63, 3.8) is 0 Å². The third-order valence-corrected chi connectivity index (χ3v) is 4.55. The van der Waals surface area contributed by atoms with Crippen molar-refractivity contribution in [1.82, 2.24) is 4.90 Å². The molecule has 6 nitrogen and oxygen atoms in total. The van der Waals surface area contributed by atoms with Crippen molar-refractivity contribution in [2.45, 2.75) is 32.7 Å². The number of carbonyl (C=O) groups is 1. The van der Waals surface area contributed by atoms with Crippen LogP contribution in [0.2, 0.25) is 0 Å². The molecule has 1 N–H and O–H groups in total. The molecule has 0 radical (unpaired) electrons. The first-order valence-electron chi connectivity index (χ1n) is 7.05. The number of carboxylic acid groups (broad SMARTS) is 1. The average molecular weight is 292 g/mol. The highest BCUT2D eigenvalue weighted by molar-refractivity contribution is 5.74. The molecule has 1 saturated heterocycles. The van der Waals surface area contributed by atoms with Crippen LogP contribution in [0.1, 0.15) is 38.3 Å². The van der Waals surface area contributed by atoms with Crippen LogP contribution in [0, 0.1) is 15.5 Å². The van der Waals surface area contributed by atoms with Gasteiger partial charge in [-0.3, -0.25) is 19.8 Å². The van der Waals surface area contributed by atoms with Gasteiger partial charge < -0.3 is 5.11 Å². The van der Waals surface area contributed by atoms with E-state index in [0.29, 0.717) is 12.8 Å². The fourth-order valence-corrected chi connectivity index (χ4v) is 2.70. The molecule has 2 rings (SSSR count). The zero-order chi connectivity index (χ0) is 15.6. The van der Waals surface area contributed by atoms with Crippen LogP contribution >= 0.6 is 0 Å². The van der Waals surface area contributed by atoms with Crippen LogP contribution in [0.25, 0.3) is 0 Å². The number of rotatable bonds is 4. The van der Waals surface area contributed by atoms with Crippen LogP contribution in [0.3, 0.4) is 0 Å². The van der Waals surface area contributed by atoms with Crippen LogP contribution in [0.4, 0.5) is 5.69 Å². The average Bonchev–Trinajstić information content (AvgIpc) is 2.47. The third kappa shape index (κ3) is 3.21. The Hall–Kier alpha value is -1.95. The summed E-state index contributed by atoms with van der Waals surface area (Å²) in [6.07, 6.45) is 1.25. The maximum atomic E-state index is 11.2. The number of benzene rings is 1. The van der Waals surface area contributed by atoms with Crippen LogP contribution in [-0.4, -0.2) is 34.0 Å². The van der Waals surface area contributed by atoms with E-state index in [9.17, 15) is 20.0 Å². The Morgan fingerprint density at radius 1 is 1.33 bits per heavy atom. The maximum Gasteiger partial charge on any atom is 0.309 e. The van der Waals surface area contributed by atoms with Crippen LogP contribution in [-0.2, 0) is 4.79 Å². The van der Waals surface area contributed by atoms with Gasteiger partial charge in [0.05, 0.1) is 10.3 Å². The number of nitro benzene ring substituents is 1. The van der Waals surface area contributed by atoms with E-state index in [1.807, 2.05) is 6.92 Å². The number of carboxylic acids is 1. The van der Waals surface area contributed by atoms with Crippen molar-refractivity contribution in [1.29, 1.82) is 0 Å². The Morgan fingerprint density at radius 2 is 1.86 bits per heavy atom. The summed E-state index contributed by atoms with van der Waals surface area (Å²) in [5, 5.41) is 19.9. The van der Waals surface area contributed by atoms with Gasteiger partial charge in [0, 0.05) is 18.2 Å². The lowest BCUT2D eigenvalue weighted by atomic mass is 9.80. The number of hydrogen-bond acceptors (Lipinski definition) is 4. The Morgan fingerprint density at radius 3 is 2.29 bits per heavy atom. The fraction of sp³-hybridized carbons (Fsp3) is 0.533. The van der Waals surface area contributed by atoms with E-state index < -0.39 is 16.3 Å². The molecule has 1 heterocycles. The molecule has 0 spiro atoms. The summed E-state index contributed by atoms with van der Waals surface area (Å²) in [5.41, 5.74) is 0.466. The quantitative estimate of drug-likeness (QED) is 0.681. The van der Waals surface area contributed by atoms with Crippen molar-refractivity contribution < 1.29 is 14.8 Å². The maximum absolute atomic E-state index is 11.2. The van der Waals surface area contributed by atoms with Crippen LogP contribution < -0.4 is 0 Å². The second-order valence-corrected chi connectivity index (χ2v) is 5.93. The van der Waals surface area contributed by atoms with Gasteiger partial charge in [-0.15, -0.1) is 0 Å². The lowest BCUT2D eigenvalue weighted by Crippen LogP contribution is -2.43. The Balaban J connectivity index is 2.03. The summed E-state index contributed by atoms with van der Waals surface area (Å²) >= 11 is 0. The summed E-state index contributed by atoms with van der Waals surface area (Å²) in [7, 11) is 0.